The molecule has 1 amide bonds. The van der Waals surface area contributed by atoms with Crippen LogP contribution in [0, 0.1) is 0 Å². The maximum absolute atomic E-state index is 12.5. The Labute approximate surface area is 140 Å². The summed E-state index contributed by atoms with van der Waals surface area (Å²) >= 11 is 0. The molecule has 1 aromatic rings. The summed E-state index contributed by atoms with van der Waals surface area (Å²) in [5, 5.41) is 3.22. The number of carbonyl (C=O) groups excluding carboxylic acids is 1. The van der Waals surface area contributed by atoms with Gasteiger partial charge in [0.1, 0.15) is 0 Å². The molecule has 0 bridgehead atoms. The van der Waals surface area contributed by atoms with E-state index in [4.69, 9.17) is 0 Å². The van der Waals surface area contributed by atoms with Gasteiger partial charge in [0.25, 0.3) is 0 Å². The highest BCUT2D eigenvalue weighted by Gasteiger charge is 2.30. The van der Waals surface area contributed by atoms with Crippen molar-refractivity contribution in [2.75, 3.05) is 19.6 Å². The molecule has 0 aromatic heterocycles. The number of rotatable bonds is 3. The third-order valence-electron chi connectivity index (χ3n) is 4.11. The molecule has 1 aliphatic rings. The van der Waals surface area contributed by atoms with Crippen molar-refractivity contribution in [3.63, 3.8) is 0 Å². The molecule has 0 radical (unpaired) electrons. The first-order chi connectivity index (χ1) is 10.3. The summed E-state index contributed by atoms with van der Waals surface area (Å²) in [6, 6.07) is 5.22. The summed E-state index contributed by atoms with van der Waals surface area (Å²) in [7, 11) is 0. The van der Waals surface area contributed by atoms with Crippen LogP contribution in [0.1, 0.15) is 37.3 Å². The maximum atomic E-state index is 12.5. The smallest absolute Gasteiger partial charge is 0.337 e. The molecule has 130 valence electrons. The van der Waals surface area contributed by atoms with E-state index in [2.05, 4.69) is 5.32 Å². The van der Waals surface area contributed by atoms with E-state index in [1.807, 2.05) is 18.7 Å². The van der Waals surface area contributed by atoms with Crippen LogP contribution in [-0.2, 0) is 11.0 Å². The second-order valence-electron chi connectivity index (χ2n) is 5.87. The summed E-state index contributed by atoms with van der Waals surface area (Å²) in [4.78, 5) is 14.2. The Morgan fingerprint density at radius 1 is 1.35 bits per heavy atom. The van der Waals surface area contributed by atoms with Crippen LogP contribution in [0.2, 0.25) is 0 Å². The fourth-order valence-electron chi connectivity index (χ4n) is 2.71. The molecule has 1 aromatic carbocycles. The summed E-state index contributed by atoms with van der Waals surface area (Å²) in [6.07, 6.45) is -4.01. The fourth-order valence-corrected chi connectivity index (χ4v) is 2.71. The zero-order chi connectivity index (χ0) is 16.3. The Hall–Kier alpha value is -1.27. The molecular weight excluding hydrogens is 329 g/mol. The standard InChI is InChI=1S/C16H21F3N2O.ClH/c1-11(9-15(22)21-8-7-20-10-12(21)2)13-3-5-14(6-4-13)16(17,18)19;/h3-6,11-12,20H,7-10H2,1-2H3;1H/t11?,12-;/m1./s1. The van der Waals surface area contributed by atoms with Crippen molar-refractivity contribution in [2.24, 2.45) is 0 Å². The summed E-state index contributed by atoms with van der Waals surface area (Å²) < 4.78 is 37.6. The van der Waals surface area contributed by atoms with Crippen molar-refractivity contribution >= 4 is 18.3 Å². The minimum Gasteiger partial charge on any atom is -0.337 e. The van der Waals surface area contributed by atoms with Gasteiger partial charge in [-0.1, -0.05) is 19.1 Å². The van der Waals surface area contributed by atoms with E-state index in [1.54, 1.807) is 0 Å². The number of carbonyl (C=O) groups is 1. The molecule has 1 fully saturated rings. The quantitative estimate of drug-likeness (QED) is 0.905. The zero-order valence-electron chi connectivity index (χ0n) is 13.2. The van der Waals surface area contributed by atoms with E-state index in [0.29, 0.717) is 13.0 Å². The largest absolute Gasteiger partial charge is 0.416 e. The van der Waals surface area contributed by atoms with E-state index in [-0.39, 0.29) is 30.3 Å². The lowest BCUT2D eigenvalue weighted by Gasteiger charge is -2.34. The molecular formula is C16H22ClF3N2O. The highest BCUT2D eigenvalue weighted by atomic mass is 35.5. The van der Waals surface area contributed by atoms with Gasteiger partial charge < -0.3 is 10.2 Å². The van der Waals surface area contributed by atoms with Gasteiger partial charge in [0.15, 0.2) is 0 Å². The number of halogens is 4. The third-order valence-corrected chi connectivity index (χ3v) is 4.11. The van der Waals surface area contributed by atoms with E-state index < -0.39 is 11.7 Å². The van der Waals surface area contributed by atoms with Crippen molar-refractivity contribution < 1.29 is 18.0 Å². The monoisotopic (exact) mass is 350 g/mol. The number of benzene rings is 1. The zero-order valence-corrected chi connectivity index (χ0v) is 14.0. The lowest BCUT2D eigenvalue weighted by molar-refractivity contribution is -0.137. The molecule has 0 aliphatic carbocycles. The van der Waals surface area contributed by atoms with E-state index in [1.165, 1.54) is 12.1 Å². The van der Waals surface area contributed by atoms with Crippen molar-refractivity contribution in [1.82, 2.24) is 10.2 Å². The normalized spacial score (nSPS) is 19.9. The number of hydrogen-bond donors (Lipinski definition) is 1. The number of alkyl halides is 3. The van der Waals surface area contributed by atoms with Crippen molar-refractivity contribution in [3.8, 4) is 0 Å². The Balaban J connectivity index is 0.00000264. The van der Waals surface area contributed by atoms with Crippen molar-refractivity contribution in [2.45, 2.75) is 38.4 Å². The van der Waals surface area contributed by atoms with Crippen LogP contribution < -0.4 is 5.32 Å². The number of hydrogen-bond acceptors (Lipinski definition) is 2. The fraction of sp³-hybridized carbons (Fsp3) is 0.562. The van der Waals surface area contributed by atoms with Crippen LogP contribution in [-0.4, -0.2) is 36.5 Å². The molecule has 1 saturated heterocycles. The van der Waals surface area contributed by atoms with Gasteiger partial charge >= 0.3 is 6.18 Å². The summed E-state index contributed by atoms with van der Waals surface area (Å²) in [6.45, 7) is 6.10. The van der Waals surface area contributed by atoms with Crippen LogP contribution >= 0.6 is 12.4 Å². The van der Waals surface area contributed by atoms with E-state index >= 15 is 0 Å². The van der Waals surface area contributed by atoms with Gasteiger partial charge in [-0.3, -0.25) is 4.79 Å². The molecule has 7 heteroatoms. The third kappa shape index (κ3) is 5.11. The van der Waals surface area contributed by atoms with Crippen LogP contribution in [0.15, 0.2) is 24.3 Å². The first-order valence-electron chi connectivity index (χ1n) is 7.46. The van der Waals surface area contributed by atoms with Gasteiger partial charge in [-0.2, -0.15) is 13.2 Å². The highest BCUT2D eigenvalue weighted by Crippen LogP contribution is 2.30. The number of nitrogens with one attached hydrogen (secondary N) is 1. The average molecular weight is 351 g/mol. The van der Waals surface area contributed by atoms with Crippen molar-refractivity contribution in [1.29, 1.82) is 0 Å². The minimum atomic E-state index is -4.33. The molecule has 3 nitrogen and oxygen atoms in total. The van der Waals surface area contributed by atoms with Gasteiger partial charge in [0.05, 0.1) is 5.56 Å². The van der Waals surface area contributed by atoms with Gasteiger partial charge in [0, 0.05) is 32.1 Å². The predicted molar refractivity (Wildman–Crippen MR) is 85.8 cm³/mol. The Bertz CT molecular complexity index is 519. The molecule has 0 spiro atoms. The van der Waals surface area contributed by atoms with E-state index in [0.717, 1.165) is 30.8 Å². The SMILES string of the molecule is CC(CC(=O)N1CCNC[C@H]1C)c1ccc(C(F)(F)F)cc1.Cl. The van der Waals surface area contributed by atoms with Crippen LogP contribution in [0.25, 0.3) is 0 Å². The topological polar surface area (TPSA) is 32.3 Å². The van der Waals surface area contributed by atoms with Crippen LogP contribution in [0.5, 0.6) is 0 Å². The van der Waals surface area contributed by atoms with Gasteiger partial charge in [-0.15, -0.1) is 12.4 Å². The molecule has 1 heterocycles. The molecule has 1 aliphatic heterocycles. The lowest BCUT2D eigenvalue weighted by atomic mass is 9.95. The molecule has 2 atom stereocenters. The van der Waals surface area contributed by atoms with E-state index in [9.17, 15) is 18.0 Å². The van der Waals surface area contributed by atoms with Gasteiger partial charge in [-0.05, 0) is 30.5 Å². The second-order valence-corrected chi connectivity index (χ2v) is 5.87. The minimum absolute atomic E-state index is 0. The predicted octanol–water partition coefficient (Wildman–Crippen LogP) is 3.44. The first kappa shape index (κ1) is 19.8. The summed E-state index contributed by atoms with van der Waals surface area (Å²) in [5.41, 5.74) is 0.0923. The Kier molecular flexibility index (Phi) is 6.89. The van der Waals surface area contributed by atoms with Gasteiger partial charge in [0.2, 0.25) is 5.91 Å². The Morgan fingerprint density at radius 2 is 1.96 bits per heavy atom. The molecule has 0 saturated carbocycles. The molecule has 1 unspecified atom stereocenters. The Morgan fingerprint density at radius 3 is 2.48 bits per heavy atom. The van der Waals surface area contributed by atoms with Crippen molar-refractivity contribution in [3.05, 3.63) is 35.4 Å². The molecule has 23 heavy (non-hydrogen) atoms. The highest BCUT2D eigenvalue weighted by molar-refractivity contribution is 5.85. The number of nitrogens with zero attached hydrogens (tertiary/aromatic N) is 1. The van der Waals surface area contributed by atoms with Crippen LogP contribution in [0.4, 0.5) is 13.2 Å². The average Bonchev–Trinajstić information content (AvgIpc) is 2.46. The first-order valence-corrected chi connectivity index (χ1v) is 7.46. The second kappa shape index (κ2) is 8.02. The lowest BCUT2D eigenvalue weighted by Crippen LogP contribution is -2.52. The molecule has 2 rings (SSSR count). The molecule has 1 N–H and O–H groups in total. The van der Waals surface area contributed by atoms with Crippen LogP contribution in [0.3, 0.4) is 0 Å². The maximum Gasteiger partial charge on any atom is 0.416 e. The number of amides is 1. The van der Waals surface area contributed by atoms with Gasteiger partial charge in [-0.25, -0.2) is 0 Å². The summed E-state index contributed by atoms with van der Waals surface area (Å²) in [5.74, 6) is -0.0433. The number of piperazine rings is 1.